The number of rotatable bonds is 4. The second-order valence-electron chi connectivity index (χ2n) is 3.02. The SMILES string of the molecule is CC(C)Oc1ccc(SC(F)F)cc1. The molecular weight excluding hydrogens is 206 g/mol. The molecule has 0 atom stereocenters. The van der Waals surface area contributed by atoms with Crippen molar-refractivity contribution in [1.29, 1.82) is 0 Å². The average Bonchev–Trinajstić information content (AvgIpc) is 2.06. The molecular formula is C10H12F2OS. The van der Waals surface area contributed by atoms with E-state index in [1.54, 1.807) is 24.3 Å². The molecule has 0 N–H and O–H groups in total. The molecule has 0 aliphatic heterocycles. The lowest BCUT2D eigenvalue weighted by atomic mass is 10.3. The number of alkyl halides is 2. The molecule has 0 spiro atoms. The third kappa shape index (κ3) is 3.96. The smallest absolute Gasteiger partial charge is 0.288 e. The predicted octanol–water partition coefficient (Wildman–Crippen LogP) is 3.79. The third-order valence-corrected chi connectivity index (χ3v) is 2.14. The van der Waals surface area contributed by atoms with Gasteiger partial charge in [0.05, 0.1) is 6.10 Å². The summed E-state index contributed by atoms with van der Waals surface area (Å²) in [4.78, 5) is 0.552. The van der Waals surface area contributed by atoms with Gasteiger partial charge in [0.25, 0.3) is 5.76 Å². The van der Waals surface area contributed by atoms with Crippen molar-refractivity contribution < 1.29 is 13.5 Å². The quantitative estimate of drug-likeness (QED) is 0.711. The summed E-state index contributed by atoms with van der Waals surface area (Å²) >= 11 is 0.537. The molecule has 14 heavy (non-hydrogen) atoms. The third-order valence-electron chi connectivity index (χ3n) is 1.42. The van der Waals surface area contributed by atoms with Gasteiger partial charge >= 0.3 is 0 Å². The fraction of sp³-hybridized carbons (Fsp3) is 0.400. The Morgan fingerprint density at radius 2 is 1.71 bits per heavy atom. The number of thioether (sulfide) groups is 1. The van der Waals surface area contributed by atoms with E-state index in [0.29, 0.717) is 22.4 Å². The molecule has 0 unspecified atom stereocenters. The van der Waals surface area contributed by atoms with Crippen molar-refractivity contribution in [2.24, 2.45) is 0 Å². The fourth-order valence-electron chi connectivity index (χ4n) is 0.972. The van der Waals surface area contributed by atoms with Crippen LogP contribution in [0.25, 0.3) is 0 Å². The minimum atomic E-state index is -2.37. The Kier molecular flexibility index (Phi) is 4.20. The molecule has 78 valence electrons. The molecule has 0 aliphatic rings. The van der Waals surface area contributed by atoms with Crippen LogP contribution < -0.4 is 4.74 Å². The molecule has 4 heteroatoms. The average molecular weight is 218 g/mol. The summed E-state index contributed by atoms with van der Waals surface area (Å²) in [5.74, 6) is -1.66. The highest BCUT2D eigenvalue weighted by molar-refractivity contribution is 7.99. The largest absolute Gasteiger partial charge is 0.491 e. The van der Waals surface area contributed by atoms with Crippen LogP contribution in [0.5, 0.6) is 5.75 Å². The van der Waals surface area contributed by atoms with Crippen molar-refractivity contribution in [3.05, 3.63) is 24.3 Å². The van der Waals surface area contributed by atoms with Gasteiger partial charge in [0.2, 0.25) is 0 Å². The first-order valence-electron chi connectivity index (χ1n) is 4.29. The van der Waals surface area contributed by atoms with Crippen molar-refractivity contribution in [3.8, 4) is 5.75 Å². The van der Waals surface area contributed by atoms with Crippen LogP contribution in [0.1, 0.15) is 13.8 Å². The molecule has 0 saturated carbocycles. The summed E-state index contributed by atoms with van der Waals surface area (Å²) in [5, 5.41) is 0. The van der Waals surface area contributed by atoms with Gasteiger partial charge in [-0.1, -0.05) is 11.8 Å². The summed E-state index contributed by atoms with van der Waals surface area (Å²) < 4.78 is 29.3. The summed E-state index contributed by atoms with van der Waals surface area (Å²) in [6.07, 6.45) is 0.101. The number of hydrogen-bond donors (Lipinski definition) is 0. The zero-order valence-electron chi connectivity index (χ0n) is 8.04. The zero-order valence-corrected chi connectivity index (χ0v) is 8.85. The molecule has 1 aromatic rings. The molecule has 0 aromatic heterocycles. The van der Waals surface area contributed by atoms with Crippen molar-refractivity contribution in [1.82, 2.24) is 0 Å². The summed E-state index contributed by atoms with van der Waals surface area (Å²) in [6, 6.07) is 6.67. The number of benzene rings is 1. The van der Waals surface area contributed by atoms with E-state index in [9.17, 15) is 8.78 Å². The highest BCUT2D eigenvalue weighted by Gasteiger charge is 2.05. The van der Waals surface area contributed by atoms with Gasteiger partial charge in [0.1, 0.15) is 5.75 Å². The Morgan fingerprint density at radius 1 is 1.14 bits per heavy atom. The monoisotopic (exact) mass is 218 g/mol. The van der Waals surface area contributed by atoms with E-state index in [-0.39, 0.29) is 6.10 Å². The molecule has 1 aromatic carbocycles. The number of ether oxygens (including phenoxy) is 1. The summed E-state index contributed by atoms with van der Waals surface area (Å²) in [5.41, 5.74) is 0. The van der Waals surface area contributed by atoms with Crippen LogP contribution in [0, 0.1) is 0 Å². The Labute approximate surface area is 86.5 Å². The van der Waals surface area contributed by atoms with E-state index in [4.69, 9.17) is 4.74 Å². The van der Waals surface area contributed by atoms with Gasteiger partial charge < -0.3 is 4.74 Å². The predicted molar refractivity (Wildman–Crippen MR) is 54.1 cm³/mol. The second-order valence-corrected chi connectivity index (χ2v) is 4.08. The molecule has 0 fully saturated rings. The van der Waals surface area contributed by atoms with Gasteiger partial charge in [-0.15, -0.1) is 0 Å². The van der Waals surface area contributed by atoms with Gasteiger partial charge in [0.15, 0.2) is 0 Å². The van der Waals surface area contributed by atoms with Gasteiger partial charge in [-0.25, -0.2) is 0 Å². The second kappa shape index (κ2) is 5.20. The van der Waals surface area contributed by atoms with Gasteiger partial charge in [-0.05, 0) is 38.1 Å². The highest BCUT2D eigenvalue weighted by atomic mass is 32.2. The van der Waals surface area contributed by atoms with Crippen LogP contribution >= 0.6 is 11.8 Å². The van der Waals surface area contributed by atoms with Crippen molar-refractivity contribution in [2.75, 3.05) is 0 Å². The van der Waals surface area contributed by atoms with E-state index < -0.39 is 5.76 Å². The van der Waals surface area contributed by atoms with Crippen LogP contribution in [0.2, 0.25) is 0 Å². The van der Waals surface area contributed by atoms with Gasteiger partial charge in [-0.3, -0.25) is 0 Å². The van der Waals surface area contributed by atoms with Crippen molar-refractivity contribution >= 4 is 11.8 Å². The van der Waals surface area contributed by atoms with E-state index >= 15 is 0 Å². The van der Waals surface area contributed by atoms with Gasteiger partial charge in [-0.2, -0.15) is 8.78 Å². The standard InChI is InChI=1S/C10H12F2OS/c1-7(2)13-8-3-5-9(6-4-8)14-10(11)12/h3-7,10H,1-2H3. The molecule has 0 heterocycles. The first-order chi connectivity index (χ1) is 6.58. The normalized spacial score (nSPS) is 11.0. The molecule has 0 aliphatic carbocycles. The van der Waals surface area contributed by atoms with E-state index in [0.717, 1.165) is 0 Å². The summed E-state index contributed by atoms with van der Waals surface area (Å²) in [7, 11) is 0. The topological polar surface area (TPSA) is 9.23 Å². The maximum Gasteiger partial charge on any atom is 0.288 e. The molecule has 0 bridgehead atoms. The Bertz CT molecular complexity index is 243. The first-order valence-corrected chi connectivity index (χ1v) is 5.17. The number of hydrogen-bond acceptors (Lipinski definition) is 2. The van der Waals surface area contributed by atoms with Crippen LogP contribution in [-0.2, 0) is 0 Å². The molecule has 0 saturated heterocycles. The summed E-state index contributed by atoms with van der Waals surface area (Å²) in [6.45, 7) is 3.84. The Balaban J connectivity index is 2.59. The first kappa shape index (κ1) is 11.3. The van der Waals surface area contributed by atoms with Crippen molar-refractivity contribution in [3.63, 3.8) is 0 Å². The van der Waals surface area contributed by atoms with Crippen LogP contribution in [0.4, 0.5) is 8.78 Å². The minimum absolute atomic E-state index is 0.101. The van der Waals surface area contributed by atoms with Gasteiger partial charge in [0, 0.05) is 4.90 Å². The Morgan fingerprint density at radius 3 is 2.14 bits per heavy atom. The molecule has 1 rings (SSSR count). The lowest BCUT2D eigenvalue weighted by Gasteiger charge is -2.09. The maximum atomic E-state index is 12.0. The Hall–Kier alpha value is -0.770. The molecule has 0 radical (unpaired) electrons. The van der Waals surface area contributed by atoms with E-state index in [1.807, 2.05) is 13.8 Å². The zero-order chi connectivity index (χ0) is 10.6. The van der Waals surface area contributed by atoms with Crippen LogP contribution in [0.3, 0.4) is 0 Å². The number of halogens is 2. The minimum Gasteiger partial charge on any atom is -0.491 e. The van der Waals surface area contributed by atoms with E-state index in [2.05, 4.69) is 0 Å². The fourth-order valence-corrected chi connectivity index (χ4v) is 1.47. The molecule has 0 amide bonds. The van der Waals surface area contributed by atoms with Crippen LogP contribution in [0.15, 0.2) is 29.2 Å². The molecule has 1 nitrogen and oxygen atoms in total. The van der Waals surface area contributed by atoms with Crippen LogP contribution in [-0.4, -0.2) is 11.9 Å². The highest BCUT2D eigenvalue weighted by Crippen LogP contribution is 2.26. The lowest BCUT2D eigenvalue weighted by Crippen LogP contribution is -2.05. The lowest BCUT2D eigenvalue weighted by molar-refractivity contribution is 0.242. The van der Waals surface area contributed by atoms with E-state index in [1.165, 1.54) is 0 Å². The maximum absolute atomic E-state index is 12.0. The van der Waals surface area contributed by atoms with Crippen molar-refractivity contribution in [2.45, 2.75) is 30.6 Å².